The number of thiophene rings is 1. The van der Waals surface area contributed by atoms with E-state index in [0.717, 1.165) is 40.3 Å². The van der Waals surface area contributed by atoms with E-state index in [1.54, 1.807) is 0 Å². The minimum Gasteiger partial charge on any atom is -0.494 e. The molecule has 1 amide bonds. The van der Waals surface area contributed by atoms with E-state index in [9.17, 15) is 4.79 Å². The highest BCUT2D eigenvalue weighted by molar-refractivity contribution is 7.17. The molecule has 3 aromatic rings. The third-order valence-electron chi connectivity index (χ3n) is 4.30. The van der Waals surface area contributed by atoms with E-state index in [-0.39, 0.29) is 5.91 Å². The number of carbonyl (C=O) groups excluding carboxylic acids is 1. The molecule has 1 heterocycles. The number of rotatable bonds is 9. The van der Waals surface area contributed by atoms with Gasteiger partial charge < -0.3 is 10.1 Å². The number of hydrogen-bond acceptors (Lipinski definition) is 3. The van der Waals surface area contributed by atoms with Crippen molar-refractivity contribution >= 4 is 17.2 Å². The van der Waals surface area contributed by atoms with Gasteiger partial charge in [0.2, 0.25) is 0 Å². The van der Waals surface area contributed by atoms with Crippen LogP contribution in [0.2, 0.25) is 0 Å². The fourth-order valence-electron chi connectivity index (χ4n) is 2.88. The van der Waals surface area contributed by atoms with Crippen molar-refractivity contribution in [2.45, 2.75) is 26.2 Å². The number of hydrogen-bond donors (Lipinski definition) is 1. The number of ether oxygens (including phenoxy) is 1. The number of nitrogens with one attached hydrogen (secondary N) is 1. The van der Waals surface area contributed by atoms with Gasteiger partial charge in [0.25, 0.3) is 5.91 Å². The molecule has 2 aromatic carbocycles. The maximum Gasteiger partial charge on any atom is 0.261 e. The molecule has 27 heavy (non-hydrogen) atoms. The summed E-state index contributed by atoms with van der Waals surface area (Å²) in [7, 11) is 0. The van der Waals surface area contributed by atoms with Crippen molar-refractivity contribution in [3.8, 4) is 16.2 Å². The Hall–Kier alpha value is -2.59. The molecular formula is C23H25NO2S. The van der Waals surface area contributed by atoms with Crippen LogP contribution in [0.25, 0.3) is 10.4 Å². The summed E-state index contributed by atoms with van der Waals surface area (Å²) < 4.78 is 5.47. The Morgan fingerprint density at radius 2 is 1.74 bits per heavy atom. The predicted molar refractivity (Wildman–Crippen MR) is 113 cm³/mol. The summed E-state index contributed by atoms with van der Waals surface area (Å²) >= 11 is 1.52. The van der Waals surface area contributed by atoms with Crippen LogP contribution in [0.5, 0.6) is 5.75 Å². The standard InChI is InChI=1S/C23H25NO2S/c1-2-26-20-13-11-19(12-14-20)21-15-16-22(27-21)23(25)24-17-7-6-10-18-8-4-3-5-9-18/h3-5,8-9,11-16H,2,6-7,10,17H2,1H3,(H,24,25). The Morgan fingerprint density at radius 1 is 0.963 bits per heavy atom. The van der Waals surface area contributed by atoms with Gasteiger partial charge in [-0.15, -0.1) is 11.3 Å². The second kappa shape index (κ2) is 9.93. The number of carbonyl (C=O) groups is 1. The average Bonchev–Trinajstić information content (AvgIpc) is 3.20. The molecule has 0 saturated carbocycles. The normalized spacial score (nSPS) is 10.6. The summed E-state index contributed by atoms with van der Waals surface area (Å²) in [6.07, 6.45) is 3.11. The minimum absolute atomic E-state index is 0.0110. The minimum atomic E-state index is 0.0110. The highest BCUT2D eigenvalue weighted by Crippen LogP contribution is 2.29. The van der Waals surface area contributed by atoms with Crippen molar-refractivity contribution in [3.63, 3.8) is 0 Å². The van der Waals surface area contributed by atoms with E-state index in [4.69, 9.17) is 4.74 Å². The number of unbranched alkanes of at least 4 members (excludes halogenated alkanes) is 1. The van der Waals surface area contributed by atoms with Crippen molar-refractivity contribution in [3.05, 3.63) is 77.2 Å². The van der Waals surface area contributed by atoms with Gasteiger partial charge in [0.1, 0.15) is 5.75 Å². The van der Waals surface area contributed by atoms with E-state index in [1.165, 1.54) is 16.9 Å². The highest BCUT2D eigenvalue weighted by atomic mass is 32.1. The summed E-state index contributed by atoms with van der Waals surface area (Å²) in [4.78, 5) is 14.2. The van der Waals surface area contributed by atoms with Gasteiger partial charge >= 0.3 is 0 Å². The first kappa shape index (κ1) is 19.2. The first-order chi connectivity index (χ1) is 13.3. The van der Waals surface area contributed by atoms with Crippen LogP contribution in [0.1, 0.15) is 35.0 Å². The average molecular weight is 380 g/mol. The smallest absolute Gasteiger partial charge is 0.261 e. The quantitative estimate of drug-likeness (QED) is 0.494. The Bertz CT molecular complexity index is 840. The maximum atomic E-state index is 12.3. The second-order valence-electron chi connectivity index (χ2n) is 6.32. The number of benzene rings is 2. The lowest BCUT2D eigenvalue weighted by Crippen LogP contribution is -2.23. The largest absolute Gasteiger partial charge is 0.494 e. The lowest BCUT2D eigenvalue weighted by atomic mass is 10.1. The molecule has 1 aromatic heterocycles. The fourth-order valence-corrected chi connectivity index (χ4v) is 3.81. The van der Waals surface area contributed by atoms with Crippen LogP contribution in [0.3, 0.4) is 0 Å². The number of amides is 1. The highest BCUT2D eigenvalue weighted by Gasteiger charge is 2.10. The Morgan fingerprint density at radius 3 is 2.48 bits per heavy atom. The number of aryl methyl sites for hydroxylation is 1. The van der Waals surface area contributed by atoms with Gasteiger partial charge in [0.05, 0.1) is 11.5 Å². The molecule has 0 atom stereocenters. The molecule has 0 unspecified atom stereocenters. The van der Waals surface area contributed by atoms with Gasteiger partial charge in [0, 0.05) is 11.4 Å². The van der Waals surface area contributed by atoms with Crippen molar-refractivity contribution in [2.75, 3.05) is 13.2 Å². The van der Waals surface area contributed by atoms with Crippen molar-refractivity contribution < 1.29 is 9.53 Å². The lowest BCUT2D eigenvalue weighted by Gasteiger charge is -2.04. The molecule has 0 aliphatic carbocycles. The van der Waals surface area contributed by atoms with E-state index >= 15 is 0 Å². The first-order valence-corrected chi connectivity index (χ1v) is 10.2. The molecule has 0 aliphatic rings. The van der Waals surface area contributed by atoms with Gasteiger partial charge in [-0.05, 0) is 73.7 Å². The summed E-state index contributed by atoms with van der Waals surface area (Å²) in [5.74, 6) is 0.878. The van der Waals surface area contributed by atoms with Crippen LogP contribution < -0.4 is 10.1 Å². The fraction of sp³-hybridized carbons (Fsp3) is 0.261. The third kappa shape index (κ3) is 5.69. The maximum absolute atomic E-state index is 12.3. The van der Waals surface area contributed by atoms with Crippen molar-refractivity contribution in [2.24, 2.45) is 0 Å². The summed E-state index contributed by atoms with van der Waals surface area (Å²) in [6, 6.07) is 22.3. The van der Waals surface area contributed by atoms with Gasteiger partial charge in [-0.25, -0.2) is 0 Å². The zero-order valence-corrected chi connectivity index (χ0v) is 16.4. The summed E-state index contributed by atoms with van der Waals surface area (Å²) in [5, 5.41) is 3.03. The second-order valence-corrected chi connectivity index (χ2v) is 7.40. The first-order valence-electron chi connectivity index (χ1n) is 9.41. The Kier molecular flexibility index (Phi) is 7.05. The molecule has 1 N–H and O–H groups in total. The molecule has 0 aliphatic heterocycles. The van der Waals surface area contributed by atoms with Gasteiger partial charge in [-0.1, -0.05) is 30.3 Å². The van der Waals surface area contributed by atoms with Crippen LogP contribution in [0.4, 0.5) is 0 Å². The van der Waals surface area contributed by atoms with Crippen LogP contribution in [-0.2, 0) is 6.42 Å². The van der Waals surface area contributed by atoms with Crippen LogP contribution in [0, 0.1) is 0 Å². The molecule has 3 rings (SSSR count). The Balaban J connectivity index is 1.45. The zero-order chi connectivity index (χ0) is 18.9. The van der Waals surface area contributed by atoms with Crippen molar-refractivity contribution in [1.29, 1.82) is 0 Å². The lowest BCUT2D eigenvalue weighted by molar-refractivity contribution is 0.0957. The van der Waals surface area contributed by atoms with E-state index in [0.29, 0.717) is 13.2 Å². The topological polar surface area (TPSA) is 38.3 Å². The van der Waals surface area contributed by atoms with E-state index in [1.807, 2.05) is 49.4 Å². The molecule has 0 fully saturated rings. The van der Waals surface area contributed by atoms with Gasteiger partial charge in [-0.2, -0.15) is 0 Å². The molecule has 0 bridgehead atoms. The van der Waals surface area contributed by atoms with Gasteiger partial charge in [-0.3, -0.25) is 4.79 Å². The SMILES string of the molecule is CCOc1ccc(-c2ccc(C(=O)NCCCCc3ccccc3)s2)cc1. The Labute approximate surface area is 165 Å². The molecule has 140 valence electrons. The summed E-state index contributed by atoms with van der Waals surface area (Å²) in [5.41, 5.74) is 2.45. The molecular weight excluding hydrogens is 354 g/mol. The molecule has 0 spiro atoms. The van der Waals surface area contributed by atoms with Crippen LogP contribution in [-0.4, -0.2) is 19.1 Å². The zero-order valence-electron chi connectivity index (χ0n) is 15.6. The third-order valence-corrected chi connectivity index (χ3v) is 5.43. The van der Waals surface area contributed by atoms with Crippen LogP contribution in [0.15, 0.2) is 66.7 Å². The predicted octanol–water partition coefficient (Wildman–Crippen LogP) is 5.57. The monoisotopic (exact) mass is 379 g/mol. The van der Waals surface area contributed by atoms with Gasteiger partial charge in [0.15, 0.2) is 0 Å². The molecule has 3 nitrogen and oxygen atoms in total. The summed E-state index contributed by atoms with van der Waals surface area (Å²) in [6.45, 7) is 3.34. The van der Waals surface area contributed by atoms with Crippen LogP contribution >= 0.6 is 11.3 Å². The molecule has 0 saturated heterocycles. The van der Waals surface area contributed by atoms with Crippen molar-refractivity contribution in [1.82, 2.24) is 5.32 Å². The van der Waals surface area contributed by atoms with E-state index < -0.39 is 0 Å². The molecule has 4 heteroatoms. The van der Waals surface area contributed by atoms with E-state index in [2.05, 4.69) is 29.6 Å². The molecule has 0 radical (unpaired) electrons.